The van der Waals surface area contributed by atoms with Crippen LogP contribution >= 0.6 is 0 Å². The van der Waals surface area contributed by atoms with Crippen LogP contribution < -0.4 is 0 Å². The molecular formula is C118H74. The van der Waals surface area contributed by atoms with E-state index in [0.717, 1.165) is 0 Å². The lowest BCUT2D eigenvalue weighted by Crippen LogP contribution is -1.93. The highest BCUT2D eigenvalue weighted by Gasteiger charge is 2.25. The Morgan fingerprint density at radius 2 is 0.297 bits per heavy atom. The molecule has 0 saturated heterocycles. The van der Waals surface area contributed by atoms with Gasteiger partial charge in [-0.2, -0.15) is 0 Å². The van der Waals surface area contributed by atoms with E-state index in [2.05, 4.69) is 449 Å². The summed E-state index contributed by atoms with van der Waals surface area (Å²) in [6.45, 7) is 0. The van der Waals surface area contributed by atoms with Crippen molar-refractivity contribution in [2.45, 2.75) is 0 Å². The van der Waals surface area contributed by atoms with E-state index in [9.17, 15) is 0 Å². The highest BCUT2D eigenvalue weighted by molar-refractivity contribution is 6.28. The molecular weight excluding hydrogens is 1420 g/mol. The van der Waals surface area contributed by atoms with Crippen molar-refractivity contribution >= 4 is 140 Å². The molecule has 24 aromatic carbocycles. The minimum Gasteiger partial charge on any atom is -0.0622 e. The smallest absolute Gasteiger partial charge is 0.00201 e. The van der Waals surface area contributed by atoms with Gasteiger partial charge in [0.15, 0.2) is 0 Å². The highest BCUT2D eigenvalue weighted by atomic mass is 14.3. The summed E-state index contributed by atoms with van der Waals surface area (Å²) in [4.78, 5) is 0. The van der Waals surface area contributed by atoms with Gasteiger partial charge in [0, 0.05) is 0 Å². The van der Waals surface area contributed by atoms with Crippen molar-refractivity contribution in [1.29, 1.82) is 0 Å². The van der Waals surface area contributed by atoms with Crippen LogP contribution in [0.15, 0.2) is 449 Å². The second-order valence-corrected chi connectivity index (χ2v) is 31.5. The van der Waals surface area contributed by atoms with Crippen LogP contribution in [0.2, 0.25) is 0 Å². The molecule has 0 saturated carbocycles. The van der Waals surface area contributed by atoms with Crippen molar-refractivity contribution in [3.8, 4) is 100 Å². The molecule has 24 rings (SSSR count). The van der Waals surface area contributed by atoms with Gasteiger partial charge in [0.1, 0.15) is 0 Å². The fourth-order valence-electron chi connectivity index (χ4n) is 19.7. The lowest BCUT2D eigenvalue weighted by molar-refractivity contribution is 1.62. The van der Waals surface area contributed by atoms with E-state index in [-0.39, 0.29) is 0 Å². The van der Waals surface area contributed by atoms with Crippen LogP contribution in [0.5, 0.6) is 0 Å². The van der Waals surface area contributed by atoms with Crippen molar-refractivity contribution in [3.05, 3.63) is 449 Å². The minimum absolute atomic E-state index is 1.19. The summed E-state index contributed by atoms with van der Waals surface area (Å²) < 4.78 is 0. The Morgan fingerprint density at radius 3 is 0.653 bits per heavy atom. The monoisotopic (exact) mass is 1490 g/mol. The molecule has 0 aromatic heterocycles. The Labute approximate surface area is 684 Å². The molecule has 0 radical (unpaired) electrons. The van der Waals surface area contributed by atoms with E-state index in [0.29, 0.717) is 0 Å². The molecule has 0 atom stereocenters. The normalized spacial score (nSPS) is 11.7. The van der Waals surface area contributed by atoms with Crippen LogP contribution in [0.3, 0.4) is 0 Å². The van der Waals surface area contributed by atoms with Crippen LogP contribution in [-0.2, 0) is 0 Å². The predicted molar refractivity (Wildman–Crippen MR) is 509 cm³/mol. The van der Waals surface area contributed by atoms with Crippen LogP contribution in [0.25, 0.3) is 240 Å². The lowest BCUT2D eigenvalue weighted by Gasteiger charge is -2.21. The van der Waals surface area contributed by atoms with Gasteiger partial charge in [-0.15, -0.1) is 0 Å². The number of rotatable bonds is 9. The quantitative estimate of drug-likeness (QED) is 0.126. The SMILES string of the molecule is c1ccc(-c2c3ccccc3c(-c3ccc4c(-c5ccc6ccccc6c5)c5ccccc5c(-c5ccc6ccccc6c5)c4c3)c3ccccc23)cc1.c1ccc2cc(-c3c4ccccc4c(-c4ccc5ccccc5c4)c4cc(-c5ccc(-c6c7ccccc7c(-c7cccc8ccccc78)c7ccccc67)cc5)ccc34)ccc2c1. The van der Waals surface area contributed by atoms with Crippen molar-refractivity contribution in [2.24, 2.45) is 0 Å². The molecule has 0 amide bonds. The van der Waals surface area contributed by atoms with Gasteiger partial charge in [0.2, 0.25) is 0 Å². The van der Waals surface area contributed by atoms with E-state index in [1.165, 1.54) is 240 Å². The molecule has 0 aliphatic rings. The molecule has 0 heteroatoms. The van der Waals surface area contributed by atoms with E-state index in [4.69, 9.17) is 0 Å². The Balaban J connectivity index is 0.000000140. The van der Waals surface area contributed by atoms with Gasteiger partial charge in [0.25, 0.3) is 0 Å². The third-order valence-corrected chi connectivity index (χ3v) is 25.0. The largest absolute Gasteiger partial charge is 0.0622 e. The topological polar surface area (TPSA) is 0 Å². The van der Waals surface area contributed by atoms with Crippen LogP contribution in [0.1, 0.15) is 0 Å². The Bertz CT molecular complexity index is 8110. The molecule has 0 nitrogen and oxygen atoms in total. The molecule has 546 valence electrons. The zero-order valence-corrected chi connectivity index (χ0v) is 64.7. The van der Waals surface area contributed by atoms with Crippen LogP contribution in [0.4, 0.5) is 0 Å². The maximum absolute atomic E-state index is 2.48. The molecule has 0 aliphatic heterocycles. The third kappa shape index (κ3) is 11.4. The second kappa shape index (κ2) is 28.3. The molecule has 0 N–H and O–H groups in total. The van der Waals surface area contributed by atoms with E-state index in [1.807, 2.05) is 0 Å². The average Bonchev–Trinajstić information content (AvgIpc) is 0.733. The number of hydrogen-bond acceptors (Lipinski definition) is 0. The van der Waals surface area contributed by atoms with E-state index >= 15 is 0 Å². The van der Waals surface area contributed by atoms with Gasteiger partial charge in [-0.3, -0.25) is 0 Å². The molecule has 118 heavy (non-hydrogen) atoms. The van der Waals surface area contributed by atoms with E-state index in [1.54, 1.807) is 0 Å². The molecule has 0 bridgehead atoms. The second-order valence-electron chi connectivity index (χ2n) is 31.5. The maximum Gasteiger partial charge on any atom is -0.00201 e. The van der Waals surface area contributed by atoms with Gasteiger partial charge in [0.05, 0.1) is 0 Å². The summed E-state index contributed by atoms with van der Waals surface area (Å²) >= 11 is 0. The molecule has 0 heterocycles. The predicted octanol–water partition coefficient (Wildman–Crippen LogP) is 33.4. The van der Waals surface area contributed by atoms with Gasteiger partial charge in [-0.05, 0) is 277 Å². The standard InChI is InChI=1S/C64H40.C54H34/c1-3-17-46-38-49(34-30-41(46)14-1)62-53-21-7-8-22-54(53)63(50-35-31-42-15-2-4-18-47(42)39-50)60-40-48(36-37-59(60)62)43-28-32-45(33-29-43)61-55-23-9-11-25-57(55)64(58-26-12-10-24-56(58)61)52-27-13-19-44-16-5-6-20-51(44)52;1-2-16-37(17-3-1)51-43-20-8-10-22-45(43)53(46-23-11-9-21-44(46)51)42-30-31-49-50(34-42)54(41-29-27-36-15-5-7-19-39(36)33-41)48-25-13-12-24-47(48)52(49)40-28-26-35-14-4-6-18-38(35)32-40/h1-40H;1-34H. The minimum atomic E-state index is 1.19. The van der Waals surface area contributed by atoms with Gasteiger partial charge >= 0.3 is 0 Å². The molecule has 24 aromatic rings. The summed E-state index contributed by atoms with van der Waals surface area (Å²) in [6, 6.07) is 166. The fourth-order valence-corrected chi connectivity index (χ4v) is 19.7. The number of fused-ring (bicyclic) bond motifs is 13. The summed E-state index contributed by atoms with van der Waals surface area (Å²) in [5, 5.41) is 32.7. The third-order valence-electron chi connectivity index (χ3n) is 25.0. The zero-order chi connectivity index (χ0) is 77.7. The first-order valence-corrected chi connectivity index (χ1v) is 41.0. The average molecular weight is 1490 g/mol. The fraction of sp³-hybridized carbons (Fsp3) is 0. The Hall–Kier alpha value is -15.3. The van der Waals surface area contributed by atoms with E-state index < -0.39 is 0 Å². The first kappa shape index (κ1) is 68.3. The van der Waals surface area contributed by atoms with Crippen molar-refractivity contribution in [1.82, 2.24) is 0 Å². The number of benzene rings is 24. The maximum atomic E-state index is 2.48. The van der Waals surface area contributed by atoms with Crippen LogP contribution in [-0.4, -0.2) is 0 Å². The molecule has 0 spiro atoms. The van der Waals surface area contributed by atoms with Gasteiger partial charge in [-0.25, -0.2) is 0 Å². The Morgan fingerprint density at radius 1 is 0.0847 bits per heavy atom. The molecule has 0 fully saturated rings. The zero-order valence-electron chi connectivity index (χ0n) is 64.7. The van der Waals surface area contributed by atoms with Gasteiger partial charge in [-0.1, -0.05) is 413 Å². The first-order valence-electron chi connectivity index (χ1n) is 41.0. The summed E-state index contributed by atoms with van der Waals surface area (Å²) in [6.07, 6.45) is 0. The summed E-state index contributed by atoms with van der Waals surface area (Å²) in [7, 11) is 0. The Kier molecular flexibility index (Phi) is 16.4. The lowest BCUT2D eigenvalue weighted by atomic mass is 9.82. The summed E-state index contributed by atoms with van der Waals surface area (Å²) in [5.41, 5.74) is 22.4. The van der Waals surface area contributed by atoms with Gasteiger partial charge < -0.3 is 0 Å². The van der Waals surface area contributed by atoms with Crippen LogP contribution in [0, 0.1) is 0 Å². The molecule has 0 unspecified atom stereocenters. The highest BCUT2D eigenvalue weighted by Crippen LogP contribution is 2.52. The first-order chi connectivity index (χ1) is 58.5. The van der Waals surface area contributed by atoms with Crippen molar-refractivity contribution < 1.29 is 0 Å². The number of hydrogen-bond donors (Lipinski definition) is 0. The summed E-state index contributed by atoms with van der Waals surface area (Å²) in [5.74, 6) is 0. The van der Waals surface area contributed by atoms with Crippen molar-refractivity contribution in [2.75, 3.05) is 0 Å². The molecule has 0 aliphatic carbocycles. The van der Waals surface area contributed by atoms with Crippen molar-refractivity contribution in [3.63, 3.8) is 0 Å².